The first-order valence-electron chi connectivity index (χ1n) is 8.33. The summed E-state index contributed by atoms with van der Waals surface area (Å²) in [5.74, 6) is 0.673. The van der Waals surface area contributed by atoms with E-state index < -0.39 is 0 Å². The van der Waals surface area contributed by atoms with Gasteiger partial charge in [0.05, 0.1) is 0 Å². The lowest BCUT2D eigenvalue weighted by atomic mass is 9.90. The molecule has 0 aromatic rings. The molecule has 3 unspecified atom stereocenters. The summed E-state index contributed by atoms with van der Waals surface area (Å²) in [7, 11) is 0. The summed E-state index contributed by atoms with van der Waals surface area (Å²) in [6.45, 7) is 7.34. The smallest absolute Gasteiger partial charge is 0.0434 e. The molecule has 2 N–H and O–H groups in total. The van der Waals surface area contributed by atoms with E-state index in [9.17, 15) is 5.11 Å². The van der Waals surface area contributed by atoms with Crippen molar-refractivity contribution < 1.29 is 5.11 Å². The molecular weight excluding hydrogens is 236 g/mol. The van der Waals surface area contributed by atoms with Crippen LogP contribution in [0.5, 0.6) is 0 Å². The summed E-state index contributed by atoms with van der Waals surface area (Å²) in [5.41, 5.74) is 0. The Labute approximate surface area is 118 Å². The van der Waals surface area contributed by atoms with E-state index in [1.165, 1.54) is 51.6 Å². The highest BCUT2D eigenvalue weighted by atomic mass is 16.3. The van der Waals surface area contributed by atoms with Crippen molar-refractivity contribution >= 4 is 0 Å². The number of piperidine rings is 1. The minimum Gasteiger partial charge on any atom is -0.396 e. The summed E-state index contributed by atoms with van der Waals surface area (Å²) in [6, 6.07) is 2.08. The third-order valence-corrected chi connectivity index (χ3v) is 5.14. The normalized spacial score (nSPS) is 31.7. The van der Waals surface area contributed by atoms with E-state index in [1.807, 2.05) is 0 Å². The Kier molecular flexibility index (Phi) is 6.11. The van der Waals surface area contributed by atoms with Crippen molar-refractivity contribution in [3.63, 3.8) is 0 Å². The number of nitrogens with zero attached hydrogens (tertiary/aromatic N) is 1. The highest BCUT2D eigenvalue weighted by Gasteiger charge is 2.30. The molecule has 2 aliphatic rings. The van der Waals surface area contributed by atoms with Gasteiger partial charge in [0.25, 0.3) is 0 Å². The van der Waals surface area contributed by atoms with Crippen LogP contribution in [0.4, 0.5) is 0 Å². The maximum Gasteiger partial charge on any atom is 0.0434 e. The third-order valence-electron chi connectivity index (χ3n) is 5.14. The number of hydrogen-bond acceptors (Lipinski definition) is 3. The van der Waals surface area contributed by atoms with Gasteiger partial charge in [-0.3, -0.25) is 4.90 Å². The average molecular weight is 268 g/mol. The lowest BCUT2D eigenvalue weighted by Gasteiger charge is -2.42. The van der Waals surface area contributed by atoms with Gasteiger partial charge in [0.15, 0.2) is 0 Å². The van der Waals surface area contributed by atoms with Gasteiger partial charge in [-0.15, -0.1) is 0 Å². The molecule has 0 aromatic heterocycles. The number of hydrogen-bond donors (Lipinski definition) is 2. The molecule has 0 bridgehead atoms. The van der Waals surface area contributed by atoms with Crippen molar-refractivity contribution in [3.05, 3.63) is 0 Å². The molecule has 1 heterocycles. The fourth-order valence-corrected chi connectivity index (χ4v) is 3.80. The molecular formula is C16H32N2O. The minimum absolute atomic E-state index is 0.342. The van der Waals surface area contributed by atoms with E-state index in [2.05, 4.69) is 24.1 Å². The van der Waals surface area contributed by atoms with Crippen molar-refractivity contribution in [1.82, 2.24) is 10.2 Å². The second-order valence-corrected chi connectivity index (χ2v) is 6.67. The zero-order valence-corrected chi connectivity index (χ0v) is 12.8. The minimum atomic E-state index is 0.342. The molecule has 0 amide bonds. The lowest BCUT2D eigenvalue weighted by Crippen LogP contribution is -2.53. The number of aliphatic hydroxyl groups excluding tert-OH is 1. The van der Waals surface area contributed by atoms with Gasteiger partial charge in [0.2, 0.25) is 0 Å². The van der Waals surface area contributed by atoms with Gasteiger partial charge in [-0.25, -0.2) is 0 Å². The molecule has 1 saturated heterocycles. The van der Waals surface area contributed by atoms with Crippen LogP contribution in [0.1, 0.15) is 58.8 Å². The molecule has 2 rings (SSSR count). The summed E-state index contributed by atoms with van der Waals surface area (Å²) in [6.07, 6.45) is 8.98. The van der Waals surface area contributed by atoms with Gasteiger partial charge in [-0.1, -0.05) is 19.8 Å². The van der Waals surface area contributed by atoms with Crippen LogP contribution in [0.25, 0.3) is 0 Å². The molecule has 19 heavy (non-hydrogen) atoms. The standard InChI is InChI=1S/C16H32N2O/c1-3-13(2)18-11-14(8-9-19)10-16(12-18)17-15-6-4-5-7-15/h13-17,19H,3-12H2,1-2H3. The predicted octanol–water partition coefficient (Wildman–Crippen LogP) is 2.39. The maximum absolute atomic E-state index is 9.23. The first-order chi connectivity index (χ1) is 9.22. The Bertz CT molecular complexity index is 253. The SMILES string of the molecule is CCC(C)N1CC(CCO)CC(NC2CCCC2)C1. The summed E-state index contributed by atoms with van der Waals surface area (Å²) in [4.78, 5) is 2.64. The van der Waals surface area contributed by atoms with Crippen molar-refractivity contribution in [2.24, 2.45) is 5.92 Å². The van der Waals surface area contributed by atoms with Crippen LogP contribution < -0.4 is 5.32 Å². The Morgan fingerprint density at radius 3 is 2.58 bits per heavy atom. The second kappa shape index (κ2) is 7.61. The van der Waals surface area contributed by atoms with E-state index in [0.717, 1.165) is 12.5 Å². The Balaban J connectivity index is 1.89. The van der Waals surface area contributed by atoms with Gasteiger partial charge in [-0.05, 0) is 44.9 Å². The van der Waals surface area contributed by atoms with Crippen molar-refractivity contribution in [2.45, 2.75) is 76.9 Å². The molecule has 0 spiro atoms. The molecule has 0 radical (unpaired) electrons. The zero-order chi connectivity index (χ0) is 13.7. The van der Waals surface area contributed by atoms with Crippen LogP contribution >= 0.6 is 0 Å². The quantitative estimate of drug-likeness (QED) is 0.776. The Morgan fingerprint density at radius 2 is 1.95 bits per heavy atom. The van der Waals surface area contributed by atoms with E-state index >= 15 is 0 Å². The van der Waals surface area contributed by atoms with E-state index in [0.29, 0.717) is 24.6 Å². The van der Waals surface area contributed by atoms with Crippen LogP contribution in [0, 0.1) is 5.92 Å². The van der Waals surface area contributed by atoms with E-state index in [4.69, 9.17) is 0 Å². The first kappa shape index (κ1) is 15.3. The Hall–Kier alpha value is -0.120. The highest BCUT2D eigenvalue weighted by molar-refractivity contribution is 4.88. The molecule has 1 aliphatic heterocycles. The van der Waals surface area contributed by atoms with Crippen molar-refractivity contribution in [2.75, 3.05) is 19.7 Å². The fraction of sp³-hybridized carbons (Fsp3) is 1.00. The van der Waals surface area contributed by atoms with Gasteiger partial charge < -0.3 is 10.4 Å². The maximum atomic E-state index is 9.23. The summed E-state index contributed by atoms with van der Waals surface area (Å²) < 4.78 is 0. The van der Waals surface area contributed by atoms with Crippen LogP contribution in [0.3, 0.4) is 0 Å². The second-order valence-electron chi connectivity index (χ2n) is 6.67. The number of nitrogens with one attached hydrogen (secondary N) is 1. The molecule has 0 aromatic carbocycles. The number of rotatable bonds is 6. The molecule has 3 heteroatoms. The van der Waals surface area contributed by atoms with Crippen LogP contribution in [-0.4, -0.2) is 47.8 Å². The van der Waals surface area contributed by atoms with Gasteiger partial charge in [0, 0.05) is 37.8 Å². The van der Waals surface area contributed by atoms with Gasteiger partial charge >= 0.3 is 0 Å². The fourth-order valence-electron chi connectivity index (χ4n) is 3.80. The molecule has 2 fully saturated rings. The topological polar surface area (TPSA) is 35.5 Å². The largest absolute Gasteiger partial charge is 0.396 e. The summed E-state index contributed by atoms with van der Waals surface area (Å²) in [5, 5.41) is 13.1. The predicted molar refractivity (Wildman–Crippen MR) is 80.3 cm³/mol. The highest BCUT2D eigenvalue weighted by Crippen LogP contribution is 2.25. The van der Waals surface area contributed by atoms with E-state index in [1.54, 1.807) is 0 Å². The number of aliphatic hydroxyl groups is 1. The third kappa shape index (κ3) is 4.44. The van der Waals surface area contributed by atoms with Crippen LogP contribution in [-0.2, 0) is 0 Å². The van der Waals surface area contributed by atoms with E-state index in [-0.39, 0.29) is 0 Å². The summed E-state index contributed by atoms with van der Waals surface area (Å²) >= 11 is 0. The first-order valence-corrected chi connectivity index (χ1v) is 8.33. The van der Waals surface area contributed by atoms with Gasteiger partial charge in [-0.2, -0.15) is 0 Å². The Morgan fingerprint density at radius 1 is 1.21 bits per heavy atom. The van der Waals surface area contributed by atoms with Crippen LogP contribution in [0.15, 0.2) is 0 Å². The average Bonchev–Trinajstić information content (AvgIpc) is 2.90. The van der Waals surface area contributed by atoms with Crippen molar-refractivity contribution in [1.29, 1.82) is 0 Å². The molecule has 3 atom stereocenters. The zero-order valence-electron chi connectivity index (χ0n) is 12.8. The lowest BCUT2D eigenvalue weighted by molar-refractivity contribution is 0.0852. The van der Waals surface area contributed by atoms with Gasteiger partial charge in [0.1, 0.15) is 0 Å². The molecule has 112 valence electrons. The monoisotopic (exact) mass is 268 g/mol. The number of likely N-dealkylation sites (tertiary alicyclic amines) is 1. The van der Waals surface area contributed by atoms with Crippen molar-refractivity contribution in [3.8, 4) is 0 Å². The molecule has 3 nitrogen and oxygen atoms in total. The molecule has 1 aliphatic carbocycles. The molecule has 1 saturated carbocycles. The van der Waals surface area contributed by atoms with Crippen LogP contribution in [0.2, 0.25) is 0 Å².